The largest absolute Gasteiger partial charge is 0.356 e. The lowest BCUT2D eigenvalue weighted by Crippen LogP contribution is -2.58. The van der Waals surface area contributed by atoms with Gasteiger partial charge in [-0.25, -0.2) is 0 Å². The van der Waals surface area contributed by atoms with Crippen LogP contribution in [0, 0.1) is 17.8 Å². The van der Waals surface area contributed by atoms with Gasteiger partial charge >= 0.3 is 0 Å². The molecule has 4 bridgehead atoms. The number of nitrogens with one attached hydrogen (secondary N) is 1. The maximum absolute atomic E-state index is 4.01. The lowest BCUT2D eigenvalue weighted by molar-refractivity contribution is -0.00514. The fourth-order valence-corrected chi connectivity index (χ4v) is 11.5. The van der Waals surface area contributed by atoms with Gasteiger partial charge in [0.25, 0.3) is 0 Å². The second kappa shape index (κ2) is 12.0. The number of anilines is 5. The molecular weight excluding hydrogens is 591 g/mol. The predicted octanol–water partition coefficient (Wildman–Crippen LogP) is 10.2. The average molecular weight is 639 g/mol. The third-order valence-corrected chi connectivity index (χ3v) is 13.2. The van der Waals surface area contributed by atoms with Gasteiger partial charge in [0.2, 0.25) is 6.71 Å². The van der Waals surface area contributed by atoms with Crippen molar-refractivity contribution in [3.63, 3.8) is 0 Å². The monoisotopic (exact) mass is 638 g/mol. The first-order chi connectivity index (χ1) is 24.2. The van der Waals surface area contributed by atoms with Crippen LogP contribution in [0.4, 0.5) is 28.4 Å². The Labute approximate surface area is 293 Å². The van der Waals surface area contributed by atoms with Gasteiger partial charge in [0, 0.05) is 28.4 Å². The van der Waals surface area contributed by atoms with Gasteiger partial charge in [0.15, 0.2) is 0 Å². The highest BCUT2D eigenvalue weighted by Crippen LogP contribution is 2.61. The van der Waals surface area contributed by atoms with Crippen LogP contribution in [-0.2, 0) is 5.41 Å². The number of rotatable bonds is 6. The van der Waals surface area contributed by atoms with Gasteiger partial charge in [-0.3, -0.25) is 0 Å². The van der Waals surface area contributed by atoms with Crippen LogP contribution >= 0.6 is 0 Å². The van der Waals surface area contributed by atoms with Crippen LogP contribution in [0.1, 0.15) is 87.7 Å². The standard InChI is InChI=1S/C46H47BN2/c1-5-13-35(14-6-1)36-26-42(48-39-17-9-3-10-18-39)45-44(27-36)49(40-19-11-4-12-20-40)43-22-21-37(28-41(43)47(45)38-15-7-2-8-16-38)46-29-32-23-33(30-46)25-34(24-32)31-46/h2-4,7-12,15-22,26-28,32-35,48H,1,5-6,13-14,23-25,29-31H2. The molecule has 0 spiro atoms. The van der Waals surface area contributed by atoms with Crippen molar-refractivity contribution in [2.45, 2.75) is 82.0 Å². The molecule has 5 aromatic carbocycles. The highest BCUT2D eigenvalue weighted by molar-refractivity contribution is 6.98. The van der Waals surface area contributed by atoms with Crippen molar-refractivity contribution < 1.29 is 0 Å². The topological polar surface area (TPSA) is 15.3 Å². The second-order valence-electron chi connectivity index (χ2n) is 16.3. The van der Waals surface area contributed by atoms with E-state index in [2.05, 4.69) is 132 Å². The van der Waals surface area contributed by atoms with Crippen LogP contribution in [0.3, 0.4) is 0 Å². The van der Waals surface area contributed by atoms with E-state index in [4.69, 9.17) is 0 Å². The number of hydrogen-bond acceptors (Lipinski definition) is 2. The van der Waals surface area contributed by atoms with Crippen molar-refractivity contribution in [1.82, 2.24) is 0 Å². The van der Waals surface area contributed by atoms with E-state index in [0.717, 1.165) is 23.4 Å². The first-order valence-corrected chi connectivity index (χ1v) is 19.3. The van der Waals surface area contributed by atoms with Crippen molar-refractivity contribution in [3.8, 4) is 0 Å². The summed E-state index contributed by atoms with van der Waals surface area (Å²) in [6.07, 6.45) is 15.2. The normalized spacial score (nSPS) is 25.6. The Morgan fingerprint density at radius 2 is 1.24 bits per heavy atom. The van der Waals surface area contributed by atoms with Gasteiger partial charge in [-0.15, -0.1) is 0 Å². The SMILES string of the molecule is c1ccc(Nc2cc(C3CCCCC3)cc3c2B(c2ccccc2)c2cc(C45CC6CC(CC(C6)C4)C5)ccc2N3c2ccccc2)cc1. The first kappa shape index (κ1) is 29.7. The maximum Gasteiger partial charge on any atom is 0.249 e. The number of nitrogens with zero attached hydrogens (tertiary/aromatic N) is 1. The fraction of sp³-hybridized carbons (Fsp3) is 0.348. The number of hydrogen-bond donors (Lipinski definition) is 1. The molecular formula is C46H47BN2. The van der Waals surface area contributed by atoms with Gasteiger partial charge in [-0.1, -0.05) is 104 Å². The minimum atomic E-state index is 0.131. The summed E-state index contributed by atoms with van der Waals surface area (Å²) in [7, 11) is 0. The molecule has 49 heavy (non-hydrogen) atoms. The Hall–Kier alpha value is -4.24. The van der Waals surface area contributed by atoms with Crippen molar-refractivity contribution >= 4 is 51.5 Å². The van der Waals surface area contributed by atoms with Gasteiger partial charge in [0.1, 0.15) is 0 Å². The zero-order valence-corrected chi connectivity index (χ0v) is 28.7. The number of para-hydroxylation sites is 2. The van der Waals surface area contributed by atoms with Crippen LogP contribution in [0.5, 0.6) is 0 Å². The Bertz CT molecular complexity index is 1930. The fourth-order valence-electron chi connectivity index (χ4n) is 11.5. The van der Waals surface area contributed by atoms with Crippen LogP contribution in [0.25, 0.3) is 0 Å². The molecule has 5 saturated carbocycles. The summed E-state index contributed by atoms with van der Waals surface area (Å²) in [4.78, 5) is 2.61. The summed E-state index contributed by atoms with van der Waals surface area (Å²) in [5.74, 6) is 3.37. The van der Waals surface area contributed by atoms with Crippen molar-refractivity contribution in [2.24, 2.45) is 17.8 Å². The van der Waals surface area contributed by atoms with Crippen molar-refractivity contribution in [1.29, 1.82) is 0 Å². The summed E-state index contributed by atoms with van der Waals surface area (Å²) >= 11 is 0. The molecule has 1 aliphatic heterocycles. The van der Waals surface area contributed by atoms with E-state index in [-0.39, 0.29) is 6.71 Å². The molecule has 5 aromatic rings. The molecule has 244 valence electrons. The van der Waals surface area contributed by atoms with E-state index in [0.29, 0.717) is 11.3 Å². The smallest absolute Gasteiger partial charge is 0.249 e. The molecule has 0 aromatic heterocycles. The molecule has 5 aliphatic carbocycles. The predicted molar refractivity (Wildman–Crippen MR) is 208 cm³/mol. The summed E-state index contributed by atoms with van der Waals surface area (Å²) in [6.45, 7) is 0.131. The van der Waals surface area contributed by atoms with Gasteiger partial charge in [0.05, 0.1) is 0 Å². The first-order valence-electron chi connectivity index (χ1n) is 19.3. The summed E-state index contributed by atoms with van der Waals surface area (Å²) in [5, 5.41) is 4.01. The zero-order chi connectivity index (χ0) is 32.4. The molecule has 1 N–H and O–H groups in total. The Kier molecular flexibility index (Phi) is 7.25. The average Bonchev–Trinajstić information content (AvgIpc) is 3.14. The van der Waals surface area contributed by atoms with Crippen LogP contribution < -0.4 is 26.6 Å². The van der Waals surface area contributed by atoms with E-state index >= 15 is 0 Å². The molecule has 0 radical (unpaired) electrons. The Morgan fingerprint density at radius 1 is 0.612 bits per heavy atom. The van der Waals surface area contributed by atoms with E-state index < -0.39 is 0 Å². The summed E-state index contributed by atoms with van der Waals surface area (Å²) in [6, 6.07) is 46.3. The third-order valence-electron chi connectivity index (χ3n) is 13.2. The lowest BCUT2D eigenvalue weighted by atomic mass is 9.34. The molecule has 1 heterocycles. The Morgan fingerprint density at radius 3 is 1.92 bits per heavy atom. The minimum absolute atomic E-state index is 0.131. The van der Waals surface area contributed by atoms with E-state index in [1.54, 1.807) is 5.56 Å². The van der Waals surface area contributed by atoms with Crippen LogP contribution in [0.2, 0.25) is 0 Å². The highest BCUT2D eigenvalue weighted by atomic mass is 15.2. The molecule has 3 heteroatoms. The van der Waals surface area contributed by atoms with Gasteiger partial charge in [-0.2, -0.15) is 0 Å². The third kappa shape index (κ3) is 5.15. The van der Waals surface area contributed by atoms with Gasteiger partial charge < -0.3 is 10.2 Å². The molecule has 11 rings (SSSR count). The quantitative estimate of drug-likeness (QED) is 0.183. The number of benzene rings is 5. The summed E-state index contributed by atoms with van der Waals surface area (Å²) < 4.78 is 0. The van der Waals surface area contributed by atoms with E-state index in [9.17, 15) is 0 Å². The zero-order valence-electron chi connectivity index (χ0n) is 28.7. The second-order valence-corrected chi connectivity index (χ2v) is 16.3. The molecule has 2 nitrogen and oxygen atoms in total. The summed E-state index contributed by atoms with van der Waals surface area (Å²) in [5.41, 5.74) is 14.0. The molecule has 0 atom stereocenters. The van der Waals surface area contributed by atoms with Crippen molar-refractivity contribution in [2.75, 3.05) is 10.2 Å². The minimum Gasteiger partial charge on any atom is -0.356 e. The molecule has 0 saturated heterocycles. The van der Waals surface area contributed by atoms with Gasteiger partial charge in [-0.05, 0) is 145 Å². The molecule has 0 amide bonds. The van der Waals surface area contributed by atoms with E-state index in [1.165, 1.54) is 115 Å². The Balaban J connectivity index is 1.22. The van der Waals surface area contributed by atoms with Crippen LogP contribution in [0.15, 0.2) is 121 Å². The van der Waals surface area contributed by atoms with Crippen molar-refractivity contribution in [3.05, 3.63) is 132 Å². The van der Waals surface area contributed by atoms with E-state index in [1.807, 2.05) is 0 Å². The molecule has 0 unspecified atom stereocenters. The molecule has 5 fully saturated rings. The lowest BCUT2D eigenvalue weighted by Gasteiger charge is -2.57. The van der Waals surface area contributed by atoms with Crippen LogP contribution in [-0.4, -0.2) is 6.71 Å². The highest BCUT2D eigenvalue weighted by Gasteiger charge is 2.52. The number of fused-ring (bicyclic) bond motifs is 2. The maximum atomic E-state index is 4.01. The molecule has 6 aliphatic rings.